The molecular formula is C26H25FN2O5. The fraction of sp³-hybridized carbons (Fsp3) is 0.231. The largest absolute Gasteiger partial charge is 0.497 e. The van der Waals surface area contributed by atoms with Crippen LogP contribution in [0, 0.1) is 5.82 Å². The minimum absolute atomic E-state index is 0.0579. The molecule has 0 unspecified atom stereocenters. The van der Waals surface area contributed by atoms with Gasteiger partial charge in [0.1, 0.15) is 11.6 Å². The van der Waals surface area contributed by atoms with E-state index in [4.69, 9.17) is 14.2 Å². The number of rotatable bonds is 6. The highest BCUT2D eigenvalue weighted by atomic mass is 19.1. The van der Waals surface area contributed by atoms with E-state index >= 15 is 0 Å². The van der Waals surface area contributed by atoms with Gasteiger partial charge in [0.25, 0.3) is 5.91 Å². The number of methoxy groups -OCH3 is 3. The Hall–Kier alpha value is -4.07. The van der Waals surface area contributed by atoms with Crippen molar-refractivity contribution >= 4 is 17.5 Å². The number of para-hydroxylation sites is 1. The van der Waals surface area contributed by atoms with Crippen molar-refractivity contribution in [2.45, 2.75) is 12.0 Å². The van der Waals surface area contributed by atoms with Gasteiger partial charge in [0.15, 0.2) is 11.5 Å². The molecular weight excluding hydrogens is 439 g/mol. The van der Waals surface area contributed by atoms with Crippen LogP contribution in [-0.2, 0) is 4.79 Å². The summed E-state index contributed by atoms with van der Waals surface area (Å²) in [5, 5.41) is 2.70. The number of ether oxygens (including phenoxy) is 3. The van der Waals surface area contributed by atoms with Crippen molar-refractivity contribution in [2.75, 3.05) is 33.7 Å². The molecule has 1 aliphatic rings. The molecule has 0 bridgehead atoms. The summed E-state index contributed by atoms with van der Waals surface area (Å²) in [5.41, 5.74) is 1.57. The molecule has 0 aliphatic carbocycles. The average Bonchev–Trinajstić information content (AvgIpc) is 2.86. The second-order valence-electron chi connectivity index (χ2n) is 7.88. The fourth-order valence-corrected chi connectivity index (χ4v) is 4.32. The van der Waals surface area contributed by atoms with Crippen LogP contribution in [0.5, 0.6) is 17.2 Å². The number of likely N-dealkylation sites (N-methyl/N-ethyl adjacent to an activating group) is 1. The highest BCUT2D eigenvalue weighted by Gasteiger charge is 2.43. The molecule has 0 saturated heterocycles. The van der Waals surface area contributed by atoms with Crippen LogP contribution in [0.4, 0.5) is 10.1 Å². The summed E-state index contributed by atoms with van der Waals surface area (Å²) >= 11 is 0. The molecule has 176 valence electrons. The van der Waals surface area contributed by atoms with E-state index in [1.54, 1.807) is 50.6 Å². The summed E-state index contributed by atoms with van der Waals surface area (Å²) in [6.07, 6.45) is 0. The number of halogens is 1. The van der Waals surface area contributed by atoms with Gasteiger partial charge in [-0.1, -0.05) is 24.3 Å². The van der Waals surface area contributed by atoms with Gasteiger partial charge in [-0.25, -0.2) is 4.39 Å². The van der Waals surface area contributed by atoms with Gasteiger partial charge in [-0.3, -0.25) is 9.59 Å². The first kappa shape index (κ1) is 23.1. The Kier molecular flexibility index (Phi) is 6.40. The summed E-state index contributed by atoms with van der Waals surface area (Å²) < 4.78 is 30.4. The number of amides is 2. The van der Waals surface area contributed by atoms with Crippen LogP contribution in [0.3, 0.4) is 0 Å². The molecule has 8 heteroatoms. The zero-order valence-electron chi connectivity index (χ0n) is 19.3. The monoisotopic (exact) mass is 464 g/mol. The molecule has 0 aromatic heterocycles. The Balaban J connectivity index is 1.88. The maximum Gasteiger partial charge on any atom is 0.254 e. The molecule has 3 aromatic rings. The lowest BCUT2D eigenvalue weighted by Gasteiger charge is -2.40. The number of anilines is 1. The van der Waals surface area contributed by atoms with Crippen LogP contribution in [-0.4, -0.2) is 45.1 Å². The number of hydrogen-bond donors (Lipinski definition) is 1. The van der Waals surface area contributed by atoms with Crippen molar-refractivity contribution < 1.29 is 28.2 Å². The Labute approximate surface area is 197 Å². The smallest absolute Gasteiger partial charge is 0.254 e. The lowest BCUT2D eigenvalue weighted by Crippen LogP contribution is -2.44. The van der Waals surface area contributed by atoms with Crippen molar-refractivity contribution in [3.8, 4) is 17.2 Å². The Morgan fingerprint density at radius 1 is 0.941 bits per heavy atom. The van der Waals surface area contributed by atoms with E-state index in [1.165, 1.54) is 31.3 Å². The predicted molar refractivity (Wildman–Crippen MR) is 125 cm³/mol. The summed E-state index contributed by atoms with van der Waals surface area (Å²) in [4.78, 5) is 28.6. The van der Waals surface area contributed by atoms with Gasteiger partial charge in [0.2, 0.25) is 5.91 Å². The van der Waals surface area contributed by atoms with Crippen LogP contribution in [0.1, 0.15) is 33.4 Å². The first-order valence-electron chi connectivity index (χ1n) is 10.6. The summed E-state index contributed by atoms with van der Waals surface area (Å²) in [7, 11) is 6.16. The standard InChI is InChI=1S/C26H25FN2O5/c1-29-24(15-9-11-16(32-2)12-10-15)23(25(30)28-20-8-6-5-7-19(20)27)17-13-21(33-3)22(34-4)14-18(17)26(29)31/h5-14,23-24H,1-4H3,(H,28,30)/t23-,24+/m1/s1. The third kappa shape index (κ3) is 4.03. The zero-order valence-corrected chi connectivity index (χ0v) is 19.3. The van der Waals surface area contributed by atoms with Gasteiger partial charge in [0, 0.05) is 12.6 Å². The van der Waals surface area contributed by atoms with Crippen molar-refractivity contribution in [2.24, 2.45) is 0 Å². The third-order valence-electron chi connectivity index (χ3n) is 6.05. The highest BCUT2D eigenvalue weighted by Crippen LogP contribution is 2.46. The van der Waals surface area contributed by atoms with Gasteiger partial charge in [-0.2, -0.15) is 0 Å². The third-order valence-corrected chi connectivity index (χ3v) is 6.05. The van der Waals surface area contributed by atoms with E-state index in [2.05, 4.69) is 5.32 Å². The number of hydrogen-bond acceptors (Lipinski definition) is 5. The van der Waals surface area contributed by atoms with Crippen molar-refractivity contribution in [3.05, 3.63) is 83.2 Å². The van der Waals surface area contributed by atoms with E-state index in [9.17, 15) is 14.0 Å². The van der Waals surface area contributed by atoms with Crippen molar-refractivity contribution in [1.82, 2.24) is 4.90 Å². The lowest BCUT2D eigenvalue weighted by atomic mass is 9.79. The number of fused-ring (bicyclic) bond motifs is 1. The number of benzene rings is 3. The van der Waals surface area contributed by atoms with Gasteiger partial charge < -0.3 is 24.4 Å². The zero-order chi connectivity index (χ0) is 24.4. The lowest BCUT2D eigenvalue weighted by molar-refractivity contribution is -0.119. The molecule has 1 aliphatic heterocycles. The van der Waals surface area contributed by atoms with Crippen LogP contribution in [0.15, 0.2) is 60.7 Å². The van der Waals surface area contributed by atoms with Crippen molar-refractivity contribution in [3.63, 3.8) is 0 Å². The maximum absolute atomic E-state index is 14.3. The topological polar surface area (TPSA) is 77.1 Å². The Morgan fingerprint density at radius 3 is 2.21 bits per heavy atom. The summed E-state index contributed by atoms with van der Waals surface area (Å²) in [6, 6.07) is 15.6. The van der Waals surface area contributed by atoms with E-state index in [1.807, 2.05) is 12.1 Å². The van der Waals surface area contributed by atoms with Gasteiger partial charge in [-0.15, -0.1) is 0 Å². The second kappa shape index (κ2) is 9.43. The SMILES string of the molecule is COc1ccc([C@H]2[C@H](C(=O)Nc3ccccc3F)c3cc(OC)c(OC)cc3C(=O)N2C)cc1. The minimum Gasteiger partial charge on any atom is -0.497 e. The minimum atomic E-state index is -0.856. The molecule has 0 spiro atoms. The first-order valence-corrected chi connectivity index (χ1v) is 10.6. The number of nitrogens with zero attached hydrogens (tertiary/aromatic N) is 1. The van der Waals surface area contributed by atoms with Crippen LogP contribution >= 0.6 is 0 Å². The quantitative estimate of drug-likeness (QED) is 0.585. The van der Waals surface area contributed by atoms with Crippen LogP contribution in [0.2, 0.25) is 0 Å². The van der Waals surface area contributed by atoms with E-state index in [0.717, 1.165) is 5.56 Å². The average molecular weight is 464 g/mol. The van der Waals surface area contributed by atoms with Gasteiger partial charge in [-0.05, 0) is 47.5 Å². The van der Waals surface area contributed by atoms with Crippen molar-refractivity contribution in [1.29, 1.82) is 0 Å². The van der Waals surface area contributed by atoms with E-state index < -0.39 is 23.7 Å². The van der Waals surface area contributed by atoms with Gasteiger partial charge in [0.05, 0.1) is 39.0 Å². The highest BCUT2D eigenvalue weighted by molar-refractivity contribution is 6.05. The molecule has 3 aromatic carbocycles. The molecule has 7 nitrogen and oxygen atoms in total. The van der Waals surface area contributed by atoms with Crippen LogP contribution in [0.25, 0.3) is 0 Å². The number of nitrogens with one attached hydrogen (secondary N) is 1. The molecule has 0 radical (unpaired) electrons. The van der Waals surface area contributed by atoms with E-state index in [0.29, 0.717) is 28.4 Å². The van der Waals surface area contributed by atoms with Crippen LogP contribution < -0.4 is 19.5 Å². The molecule has 2 amide bonds. The Bertz CT molecular complexity index is 1230. The molecule has 1 heterocycles. The molecule has 2 atom stereocenters. The normalized spacial score (nSPS) is 17.1. The molecule has 0 saturated carbocycles. The maximum atomic E-state index is 14.3. The number of carbonyl (C=O) groups excluding carboxylic acids is 2. The van der Waals surface area contributed by atoms with Gasteiger partial charge >= 0.3 is 0 Å². The predicted octanol–water partition coefficient (Wildman–Crippen LogP) is 4.40. The molecule has 4 rings (SSSR count). The second-order valence-corrected chi connectivity index (χ2v) is 7.88. The summed E-state index contributed by atoms with van der Waals surface area (Å²) in [6.45, 7) is 0. The number of carbonyl (C=O) groups is 2. The first-order chi connectivity index (χ1) is 16.4. The van der Waals surface area contributed by atoms with E-state index in [-0.39, 0.29) is 11.6 Å². The molecule has 34 heavy (non-hydrogen) atoms. The Morgan fingerprint density at radius 2 is 1.59 bits per heavy atom. The molecule has 0 fully saturated rings. The summed E-state index contributed by atoms with van der Waals surface area (Å²) in [5.74, 6) is -0.733. The molecule has 1 N–H and O–H groups in total. The fourth-order valence-electron chi connectivity index (χ4n) is 4.32.